The van der Waals surface area contributed by atoms with Crippen molar-refractivity contribution in [3.8, 4) is 0 Å². The summed E-state index contributed by atoms with van der Waals surface area (Å²) in [6.45, 7) is 2.97. The molecule has 1 fully saturated rings. The van der Waals surface area contributed by atoms with Crippen molar-refractivity contribution in [1.82, 2.24) is 10.3 Å². The third-order valence-electron chi connectivity index (χ3n) is 3.44. The Labute approximate surface area is 99.8 Å². The Hall–Kier alpha value is -1.62. The predicted molar refractivity (Wildman–Crippen MR) is 63.3 cm³/mol. The molecule has 1 saturated heterocycles. The van der Waals surface area contributed by atoms with Gasteiger partial charge in [0, 0.05) is 31.9 Å². The Kier molecular flexibility index (Phi) is 2.48. The van der Waals surface area contributed by atoms with Crippen LogP contribution in [0, 0.1) is 0 Å². The van der Waals surface area contributed by atoms with Gasteiger partial charge in [-0.05, 0) is 18.1 Å². The van der Waals surface area contributed by atoms with Crippen molar-refractivity contribution in [2.45, 2.75) is 12.5 Å². The van der Waals surface area contributed by atoms with Crippen LogP contribution >= 0.6 is 0 Å². The van der Waals surface area contributed by atoms with Crippen LogP contribution in [0.2, 0.25) is 0 Å². The van der Waals surface area contributed by atoms with E-state index < -0.39 is 0 Å². The summed E-state index contributed by atoms with van der Waals surface area (Å²) in [6.07, 6.45) is 2.56. The molecule has 0 radical (unpaired) electrons. The molecule has 90 valence electrons. The van der Waals surface area contributed by atoms with Gasteiger partial charge in [-0.15, -0.1) is 0 Å². The zero-order valence-corrected chi connectivity index (χ0v) is 9.77. The first-order valence-electron chi connectivity index (χ1n) is 5.84. The van der Waals surface area contributed by atoms with Crippen LogP contribution < -0.4 is 10.2 Å². The summed E-state index contributed by atoms with van der Waals surface area (Å²) in [5.74, 6) is 0.715. The highest BCUT2D eigenvalue weighted by atomic mass is 16.5. The summed E-state index contributed by atoms with van der Waals surface area (Å²) in [7, 11) is 1.39. The molecular weight excluding hydrogens is 218 g/mol. The van der Waals surface area contributed by atoms with Crippen molar-refractivity contribution in [3.63, 3.8) is 0 Å². The lowest BCUT2D eigenvalue weighted by molar-refractivity contribution is 0.0600. The number of aromatic nitrogens is 1. The van der Waals surface area contributed by atoms with Gasteiger partial charge in [0.25, 0.3) is 0 Å². The highest BCUT2D eigenvalue weighted by molar-refractivity contribution is 5.89. The fourth-order valence-corrected chi connectivity index (χ4v) is 2.62. The monoisotopic (exact) mass is 233 g/mol. The molecule has 1 N–H and O–H groups in total. The molecule has 2 aliphatic heterocycles. The molecule has 5 nitrogen and oxygen atoms in total. The van der Waals surface area contributed by atoms with Crippen LogP contribution in [0.5, 0.6) is 0 Å². The molecule has 1 atom stereocenters. The van der Waals surface area contributed by atoms with E-state index in [1.165, 1.54) is 7.11 Å². The van der Waals surface area contributed by atoms with Gasteiger partial charge in [-0.1, -0.05) is 0 Å². The Morgan fingerprint density at radius 2 is 2.53 bits per heavy atom. The SMILES string of the molecule is COC(=O)c1cnc2c(c1)CC1CNCCN21. The number of fused-ring (bicyclic) bond motifs is 3. The number of nitrogens with zero attached hydrogens (tertiary/aromatic N) is 2. The van der Waals surface area contributed by atoms with Crippen molar-refractivity contribution in [2.75, 3.05) is 31.6 Å². The molecule has 3 heterocycles. The number of piperazine rings is 1. The number of methoxy groups -OCH3 is 1. The molecule has 5 heteroatoms. The van der Waals surface area contributed by atoms with Crippen molar-refractivity contribution in [3.05, 3.63) is 23.4 Å². The molecule has 0 saturated carbocycles. The van der Waals surface area contributed by atoms with E-state index in [0.717, 1.165) is 37.4 Å². The standard InChI is InChI=1S/C12H15N3O2/c1-17-12(16)9-4-8-5-10-7-13-2-3-15(10)11(8)14-6-9/h4,6,10,13H,2-3,5,7H2,1H3. The summed E-state index contributed by atoms with van der Waals surface area (Å²) in [4.78, 5) is 18.2. The number of rotatable bonds is 1. The van der Waals surface area contributed by atoms with E-state index in [1.807, 2.05) is 6.07 Å². The second-order valence-electron chi connectivity index (χ2n) is 4.45. The van der Waals surface area contributed by atoms with Crippen LogP contribution in [-0.2, 0) is 11.2 Å². The highest BCUT2D eigenvalue weighted by Gasteiger charge is 2.32. The third-order valence-corrected chi connectivity index (χ3v) is 3.44. The average Bonchev–Trinajstić information content (AvgIpc) is 2.75. The minimum Gasteiger partial charge on any atom is -0.465 e. The largest absolute Gasteiger partial charge is 0.465 e. The second-order valence-corrected chi connectivity index (χ2v) is 4.45. The molecule has 0 bridgehead atoms. The van der Waals surface area contributed by atoms with Gasteiger partial charge >= 0.3 is 5.97 Å². The van der Waals surface area contributed by atoms with Crippen LogP contribution in [0.25, 0.3) is 0 Å². The number of pyridine rings is 1. The number of esters is 1. The van der Waals surface area contributed by atoms with Crippen LogP contribution in [0.4, 0.5) is 5.82 Å². The van der Waals surface area contributed by atoms with Crippen LogP contribution in [-0.4, -0.2) is 43.7 Å². The van der Waals surface area contributed by atoms with E-state index in [-0.39, 0.29) is 5.97 Å². The van der Waals surface area contributed by atoms with Gasteiger partial charge in [-0.2, -0.15) is 0 Å². The molecule has 17 heavy (non-hydrogen) atoms. The first-order valence-corrected chi connectivity index (χ1v) is 5.84. The molecule has 3 rings (SSSR count). The van der Waals surface area contributed by atoms with Crippen LogP contribution in [0.15, 0.2) is 12.3 Å². The summed E-state index contributed by atoms with van der Waals surface area (Å²) < 4.78 is 4.71. The molecule has 1 aromatic rings. The maximum Gasteiger partial charge on any atom is 0.339 e. The molecular formula is C12H15N3O2. The Bertz CT molecular complexity index is 461. The number of nitrogens with one attached hydrogen (secondary N) is 1. The van der Waals surface area contributed by atoms with Crippen molar-refractivity contribution in [1.29, 1.82) is 0 Å². The van der Waals surface area contributed by atoms with Gasteiger partial charge in [0.1, 0.15) is 5.82 Å². The van der Waals surface area contributed by atoms with Crippen molar-refractivity contribution < 1.29 is 9.53 Å². The quantitative estimate of drug-likeness (QED) is 0.702. The number of ether oxygens (including phenoxy) is 1. The summed E-state index contributed by atoms with van der Waals surface area (Å²) in [6, 6.07) is 2.39. The van der Waals surface area contributed by atoms with Crippen LogP contribution in [0.3, 0.4) is 0 Å². The number of carbonyl (C=O) groups excluding carboxylic acids is 1. The van der Waals surface area contributed by atoms with Crippen molar-refractivity contribution >= 4 is 11.8 Å². The molecule has 1 unspecified atom stereocenters. The highest BCUT2D eigenvalue weighted by Crippen LogP contribution is 2.31. The number of anilines is 1. The second kappa shape index (κ2) is 4.00. The topological polar surface area (TPSA) is 54.5 Å². The summed E-state index contributed by atoms with van der Waals surface area (Å²) >= 11 is 0. The first-order chi connectivity index (χ1) is 8.29. The lowest BCUT2D eigenvalue weighted by atomic mass is 10.1. The van der Waals surface area contributed by atoms with Crippen LogP contribution in [0.1, 0.15) is 15.9 Å². The lowest BCUT2D eigenvalue weighted by Crippen LogP contribution is -2.49. The molecule has 0 amide bonds. The molecule has 0 spiro atoms. The smallest absolute Gasteiger partial charge is 0.339 e. The maximum absolute atomic E-state index is 11.4. The van der Waals surface area contributed by atoms with Gasteiger partial charge in [0.05, 0.1) is 12.7 Å². The van der Waals surface area contributed by atoms with Crippen molar-refractivity contribution in [2.24, 2.45) is 0 Å². The van der Waals surface area contributed by atoms with Gasteiger partial charge in [0.2, 0.25) is 0 Å². The van der Waals surface area contributed by atoms with Gasteiger partial charge in [-0.3, -0.25) is 0 Å². The third kappa shape index (κ3) is 1.67. The Morgan fingerprint density at radius 3 is 3.35 bits per heavy atom. The summed E-state index contributed by atoms with van der Waals surface area (Å²) in [5, 5.41) is 3.38. The Balaban J connectivity index is 1.94. The zero-order valence-electron chi connectivity index (χ0n) is 9.77. The molecule has 1 aromatic heterocycles. The van der Waals surface area contributed by atoms with E-state index >= 15 is 0 Å². The molecule has 2 aliphatic rings. The van der Waals surface area contributed by atoms with Gasteiger partial charge in [-0.25, -0.2) is 9.78 Å². The number of hydrogen-bond donors (Lipinski definition) is 1. The summed E-state index contributed by atoms with van der Waals surface area (Å²) in [5.41, 5.74) is 1.70. The predicted octanol–water partition coefficient (Wildman–Crippen LogP) is 0.202. The van der Waals surface area contributed by atoms with E-state index in [2.05, 4.69) is 15.2 Å². The fourth-order valence-electron chi connectivity index (χ4n) is 2.62. The molecule has 0 aliphatic carbocycles. The van der Waals surface area contributed by atoms with E-state index in [4.69, 9.17) is 4.74 Å². The number of hydrogen-bond acceptors (Lipinski definition) is 5. The average molecular weight is 233 g/mol. The van der Waals surface area contributed by atoms with E-state index in [0.29, 0.717) is 11.6 Å². The maximum atomic E-state index is 11.4. The van der Waals surface area contributed by atoms with E-state index in [9.17, 15) is 4.79 Å². The minimum atomic E-state index is -0.316. The fraction of sp³-hybridized carbons (Fsp3) is 0.500. The lowest BCUT2D eigenvalue weighted by Gasteiger charge is -2.31. The minimum absolute atomic E-state index is 0.316. The zero-order chi connectivity index (χ0) is 11.8. The first kappa shape index (κ1) is 10.5. The van der Waals surface area contributed by atoms with Gasteiger partial charge in [0.15, 0.2) is 0 Å². The van der Waals surface area contributed by atoms with E-state index in [1.54, 1.807) is 6.20 Å². The number of carbonyl (C=O) groups is 1. The molecule has 0 aromatic carbocycles. The normalized spacial score (nSPS) is 21.9. The van der Waals surface area contributed by atoms with Gasteiger partial charge < -0.3 is 15.0 Å². The Morgan fingerprint density at radius 1 is 1.65 bits per heavy atom.